The summed E-state index contributed by atoms with van der Waals surface area (Å²) < 4.78 is 0. The largest absolute Gasteiger partial charge is 0.0825 e. The number of rotatable bonds is 2. The summed E-state index contributed by atoms with van der Waals surface area (Å²) in [4.78, 5) is 0. The fourth-order valence-corrected chi connectivity index (χ4v) is 2.70. The van der Waals surface area contributed by atoms with Gasteiger partial charge in [0.05, 0.1) is 0 Å². The van der Waals surface area contributed by atoms with Crippen molar-refractivity contribution in [3.05, 3.63) is 11.6 Å². The van der Waals surface area contributed by atoms with Crippen LogP contribution in [0.15, 0.2) is 11.6 Å². The first-order valence-corrected chi connectivity index (χ1v) is 5.32. The first kappa shape index (κ1) is 9.83. The maximum Gasteiger partial charge on any atom is -0.0228 e. The van der Waals surface area contributed by atoms with E-state index >= 15 is 0 Å². The molecule has 0 heterocycles. The number of hydrogen-bond acceptors (Lipinski definition) is 0. The first-order chi connectivity index (χ1) is 5.65. The third kappa shape index (κ3) is 2.12. The molecule has 0 aliphatic heterocycles. The monoisotopic (exact) mass is 166 g/mol. The average molecular weight is 166 g/mol. The van der Waals surface area contributed by atoms with E-state index in [1.807, 2.05) is 0 Å². The summed E-state index contributed by atoms with van der Waals surface area (Å²) in [7, 11) is 0. The zero-order valence-electron chi connectivity index (χ0n) is 8.93. The highest BCUT2D eigenvalue weighted by atomic mass is 14.3. The van der Waals surface area contributed by atoms with Crippen molar-refractivity contribution in [3.8, 4) is 0 Å². The van der Waals surface area contributed by atoms with Crippen LogP contribution in [0.1, 0.15) is 47.0 Å². The van der Waals surface area contributed by atoms with Gasteiger partial charge in [-0.1, -0.05) is 38.8 Å². The summed E-state index contributed by atoms with van der Waals surface area (Å²) in [5.74, 6) is 2.66. The van der Waals surface area contributed by atoms with Gasteiger partial charge in [-0.3, -0.25) is 0 Å². The summed E-state index contributed by atoms with van der Waals surface area (Å²) in [6.45, 7) is 9.35. The summed E-state index contributed by atoms with van der Waals surface area (Å²) in [6, 6.07) is 0. The van der Waals surface area contributed by atoms with E-state index in [1.165, 1.54) is 19.3 Å². The second-order valence-electron chi connectivity index (χ2n) is 4.51. The van der Waals surface area contributed by atoms with Gasteiger partial charge in [0, 0.05) is 0 Å². The summed E-state index contributed by atoms with van der Waals surface area (Å²) in [5.41, 5.74) is 1.60. The fraction of sp³-hybridized carbons (Fsp3) is 0.833. The van der Waals surface area contributed by atoms with Crippen LogP contribution in [0.25, 0.3) is 0 Å². The topological polar surface area (TPSA) is 0 Å². The van der Waals surface area contributed by atoms with E-state index in [4.69, 9.17) is 0 Å². The lowest BCUT2D eigenvalue weighted by Crippen LogP contribution is -2.22. The zero-order chi connectivity index (χ0) is 9.14. The molecule has 0 saturated carbocycles. The Balaban J connectivity index is 2.62. The number of hydrogen-bond donors (Lipinski definition) is 0. The van der Waals surface area contributed by atoms with Crippen molar-refractivity contribution >= 4 is 0 Å². The van der Waals surface area contributed by atoms with Gasteiger partial charge < -0.3 is 0 Å². The van der Waals surface area contributed by atoms with Gasteiger partial charge in [0.25, 0.3) is 0 Å². The Morgan fingerprint density at radius 2 is 2.08 bits per heavy atom. The van der Waals surface area contributed by atoms with Gasteiger partial charge in [-0.15, -0.1) is 0 Å². The second-order valence-corrected chi connectivity index (χ2v) is 4.51. The lowest BCUT2D eigenvalue weighted by atomic mass is 9.73. The van der Waals surface area contributed by atoms with Crippen molar-refractivity contribution in [1.82, 2.24) is 0 Å². The van der Waals surface area contributed by atoms with Crippen molar-refractivity contribution in [1.29, 1.82) is 0 Å². The van der Waals surface area contributed by atoms with Gasteiger partial charge in [0.1, 0.15) is 0 Å². The lowest BCUT2D eigenvalue weighted by Gasteiger charge is -2.32. The Hall–Kier alpha value is -0.260. The molecular formula is C12H22. The van der Waals surface area contributed by atoms with Crippen molar-refractivity contribution in [2.45, 2.75) is 47.0 Å². The predicted octanol–water partition coefficient (Wildman–Crippen LogP) is 4.02. The van der Waals surface area contributed by atoms with Crippen LogP contribution >= 0.6 is 0 Å². The van der Waals surface area contributed by atoms with E-state index in [0.717, 1.165) is 17.8 Å². The standard InChI is InChI=1S/C12H22/c1-5-6-12-10(3)7-9(2)8-11(12)4/h7,10-12H,5-6,8H2,1-4H3. The summed E-state index contributed by atoms with van der Waals surface area (Å²) in [6.07, 6.45) is 6.55. The maximum absolute atomic E-state index is 2.47. The van der Waals surface area contributed by atoms with E-state index < -0.39 is 0 Å². The van der Waals surface area contributed by atoms with E-state index in [-0.39, 0.29) is 0 Å². The SMILES string of the molecule is CCCC1C(C)C=C(C)CC1C. The zero-order valence-corrected chi connectivity index (χ0v) is 8.93. The van der Waals surface area contributed by atoms with Crippen LogP contribution in [0.4, 0.5) is 0 Å². The molecule has 0 spiro atoms. The average Bonchev–Trinajstić information content (AvgIpc) is 1.96. The molecule has 1 aliphatic rings. The molecule has 12 heavy (non-hydrogen) atoms. The van der Waals surface area contributed by atoms with Crippen LogP contribution in [0.5, 0.6) is 0 Å². The second kappa shape index (κ2) is 4.11. The molecule has 3 atom stereocenters. The molecule has 0 amide bonds. The van der Waals surface area contributed by atoms with E-state index in [1.54, 1.807) is 5.57 Å². The highest BCUT2D eigenvalue weighted by Crippen LogP contribution is 2.35. The maximum atomic E-state index is 2.47. The normalized spacial score (nSPS) is 36.3. The molecule has 0 saturated heterocycles. The molecule has 0 nitrogen and oxygen atoms in total. The predicted molar refractivity (Wildman–Crippen MR) is 55.1 cm³/mol. The minimum Gasteiger partial charge on any atom is -0.0825 e. The van der Waals surface area contributed by atoms with Gasteiger partial charge in [-0.25, -0.2) is 0 Å². The molecule has 0 heteroatoms. The Morgan fingerprint density at radius 3 is 2.58 bits per heavy atom. The molecule has 0 aromatic rings. The van der Waals surface area contributed by atoms with Crippen LogP contribution in [-0.4, -0.2) is 0 Å². The van der Waals surface area contributed by atoms with E-state index in [0.29, 0.717) is 0 Å². The van der Waals surface area contributed by atoms with Gasteiger partial charge in [0.15, 0.2) is 0 Å². The van der Waals surface area contributed by atoms with Crippen LogP contribution in [-0.2, 0) is 0 Å². The smallest absolute Gasteiger partial charge is 0.0228 e. The lowest BCUT2D eigenvalue weighted by molar-refractivity contribution is 0.253. The van der Waals surface area contributed by atoms with Gasteiger partial charge in [-0.05, 0) is 37.5 Å². The van der Waals surface area contributed by atoms with Gasteiger partial charge >= 0.3 is 0 Å². The molecule has 1 rings (SSSR count). The Morgan fingerprint density at radius 1 is 1.42 bits per heavy atom. The highest BCUT2D eigenvalue weighted by Gasteiger charge is 2.25. The van der Waals surface area contributed by atoms with E-state index in [9.17, 15) is 0 Å². The van der Waals surface area contributed by atoms with Crippen molar-refractivity contribution in [3.63, 3.8) is 0 Å². The Labute approximate surface area is 77.1 Å². The molecule has 1 aliphatic carbocycles. The molecule has 0 fully saturated rings. The molecule has 0 aromatic heterocycles. The number of allylic oxidation sites excluding steroid dienone is 2. The van der Waals surface area contributed by atoms with Crippen molar-refractivity contribution in [2.75, 3.05) is 0 Å². The van der Waals surface area contributed by atoms with Gasteiger partial charge in [-0.2, -0.15) is 0 Å². The molecule has 0 N–H and O–H groups in total. The third-order valence-electron chi connectivity index (χ3n) is 3.22. The molecule has 70 valence electrons. The van der Waals surface area contributed by atoms with Crippen LogP contribution < -0.4 is 0 Å². The van der Waals surface area contributed by atoms with E-state index in [2.05, 4.69) is 33.8 Å². The summed E-state index contributed by atoms with van der Waals surface area (Å²) in [5, 5.41) is 0. The Kier molecular flexibility index (Phi) is 3.37. The van der Waals surface area contributed by atoms with Gasteiger partial charge in [0.2, 0.25) is 0 Å². The minimum absolute atomic E-state index is 0.814. The van der Waals surface area contributed by atoms with Crippen molar-refractivity contribution in [2.24, 2.45) is 17.8 Å². The summed E-state index contributed by atoms with van der Waals surface area (Å²) >= 11 is 0. The highest BCUT2D eigenvalue weighted by molar-refractivity contribution is 5.07. The molecule has 3 unspecified atom stereocenters. The molecular weight excluding hydrogens is 144 g/mol. The Bertz CT molecular complexity index is 167. The van der Waals surface area contributed by atoms with Crippen LogP contribution in [0, 0.1) is 17.8 Å². The molecule has 0 aromatic carbocycles. The molecule has 0 bridgehead atoms. The third-order valence-corrected chi connectivity index (χ3v) is 3.22. The molecule has 0 radical (unpaired) electrons. The van der Waals surface area contributed by atoms with Crippen molar-refractivity contribution < 1.29 is 0 Å². The quantitative estimate of drug-likeness (QED) is 0.543. The van der Waals surface area contributed by atoms with Crippen LogP contribution in [0.2, 0.25) is 0 Å². The van der Waals surface area contributed by atoms with Crippen LogP contribution in [0.3, 0.4) is 0 Å². The fourth-order valence-electron chi connectivity index (χ4n) is 2.70. The minimum atomic E-state index is 0.814. The first-order valence-electron chi connectivity index (χ1n) is 5.32.